The molecule has 3 aromatic rings. The predicted molar refractivity (Wildman–Crippen MR) is 78.8 cm³/mol. The van der Waals surface area contributed by atoms with Gasteiger partial charge in [0.15, 0.2) is 0 Å². The van der Waals surface area contributed by atoms with Gasteiger partial charge in [-0.05, 0) is 48.4 Å². The molecule has 1 heterocycles. The van der Waals surface area contributed by atoms with E-state index in [4.69, 9.17) is 5.11 Å². The van der Waals surface area contributed by atoms with Gasteiger partial charge in [-0.25, -0.2) is 13.6 Å². The van der Waals surface area contributed by atoms with Crippen molar-refractivity contribution in [2.75, 3.05) is 0 Å². The Bertz CT molecular complexity index is 907. The van der Waals surface area contributed by atoms with Gasteiger partial charge in [-0.2, -0.15) is 0 Å². The number of benzene rings is 2. The average Bonchev–Trinajstić information content (AvgIpc) is 2.47. The first kappa shape index (κ1) is 14.1. The molecule has 0 atom stereocenters. The lowest BCUT2D eigenvalue weighted by atomic mass is 9.95. The fourth-order valence-corrected chi connectivity index (χ4v) is 2.47. The topological polar surface area (TPSA) is 50.2 Å². The summed E-state index contributed by atoms with van der Waals surface area (Å²) in [5, 5.41) is 9.64. The number of carboxylic acid groups (broad SMARTS) is 1. The summed E-state index contributed by atoms with van der Waals surface area (Å²) in [4.78, 5) is 15.4. The maximum absolute atomic E-state index is 14.1. The van der Waals surface area contributed by atoms with Gasteiger partial charge in [0, 0.05) is 23.2 Å². The van der Waals surface area contributed by atoms with E-state index in [1.54, 1.807) is 19.2 Å². The molecular formula is C17H11F2NO2. The lowest BCUT2D eigenvalue weighted by molar-refractivity contribution is 0.0697. The zero-order valence-corrected chi connectivity index (χ0v) is 11.6. The van der Waals surface area contributed by atoms with Crippen molar-refractivity contribution >= 4 is 16.9 Å². The van der Waals surface area contributed by atoms with E-state index in [2.05, 4.69) is 4.98 Å². The highest BCUT2D eigenvalue weighted by Gasteiger charge is 2.15. The van der Waals surface area contributed by atoms with Crippen molar-refractivity contribution in [3.05, 3.63) is 65.4 Å². The van der Waals surface area contributed by atoms with Crippen molar-refractivity contribution in [2.45, 2.75) is 6.92 Å². The molecule has 0 saturated heterocycles. The number of rotatable bonds is 2. The fraction of sp³-hybridized carbons (Fsp3) is 0.0588. The van der Waals surface area contributed by atoms with Crippen molar-refractivity contribution < 1.29 is 18.7 Å². The Labute approximate surface area is 124 Å². The summed E-state index contributed by atoms with van der Waals surface area (Å²) in [6.07, 6.45) is 1.58. The molecule has 110 valence electrons. The first-order chi connectivity index (χ1) is 10.5. The van der Waals surface area contributed by atoms with Crippen LogP contribution in [0.5, 0.6) is 0 Å². The third-order valence-electron chi connectivity index (χ3n) is 3.50. The third kappa shape index (κ3) is 2.30. The second-order valence-electron chi connectivity index (χ2n) is 4.98. The molecule has 0 spiro atoms. The Kier molecular flexibility index (Phi) is 3.33. The van der Waals surface area contributed by atoms with E-state index in [0.717, 1.165) is 6.07 Å². The molecule has 1 aromatic heterocycles. The van der Waals surface area contributed by atoms with Gasteiger partial charge >= 0.3 is 5.97 Å². The summed E-state index contributed by atoms with van der Waals surface area (Å²) >= 11 is 0. The van der Waals surface area contributed by atoms with Crippen LogP contribution in [0.3, 0.4) is 0 Å². The standard InChI is InChI=1S/C17H11F2NO2/c1-9-8-20-15-5-2-10(17(21)22)6-13(15)16(9)12-4-3-11(18)7-14(12)19/h2-8H,1H3,(H,21,22). The number of halogens is 2. The maximum atomic E-state index is 14.1. The molecule has 0 radical (unpaired) electrons. The summed E-state index contributed by atoms with van der Waals surface area (Å²) < 4.78 is 27.2. The molecule has 0 unspecified atom stereocenters. The van der Waals surface area contributed by atoms with Gasteiger partial charge in [-0.1, -0.05) is 0 Å². The summed E-state index contributed by atoms with van der Waals surface area (Å²) in [5.74, 6) is -2.44. The molecule has 0 bridgehead atoms. The van der Waals surface area contributed by atoms with Crippen LogP contribution in [0.15, 0.2) is 42.6 Å². The minimum Gasteiger partial charge on any atom is -0.478 e. The van der Waals surface area contributed by atoms with Crippen LogP contribution in [-0.2, 0) is 0 Å². The van der Waals surface area contributed by atoms with Crippen molar-refractivity contribution in [3.8, 4) is 11.1 Å². The van der Waals surface area contributed by atoms with E-state index in [9.17, 15) is 13.6 Å². The van der Waals surface area contributed by atoms with Crippen molar-refractivity contribution in [2.24, 2.45) is 0 Å². The minimum atomic E-state index is -1.08. The quantitative estimate of drug-likeness (QED) is 0.772. The molecule has 22 heavy (non-hydrogen) atoms. The van der Waals surface area contributed by atoms with E-state index in [0.29, 0.717) is 22.0 Å². The van der Waals surface area contributed by atoms with Crippen LogP contribution >= 0.6 is 0 Å². The SMILES string of the molecule is Cc1cnc2ccc(C(=O)O)cc2c1-c1ccc(F)cc1F. The number of aryl methyl sites for hydroxylation is 1. The van der Waals surface area contributed by atoms with Gasteiger partial charge in [-0.3, -0.25) is 4.98 Å². The van der Waals surface area contributed by atoms with Crippen molar-refractivity contribution in [1.82, 2.24) is 4.98 Å². The van der Waals surface area contributed by atoms with Crippen molar-refractivity contribution in [1.29, 1.82) is 0 Å². The average molecular weight is 299 g/mol. The van der Waals surface area contributed by atoms with E-state index in [-0.39, 0.29) is 11.1 Å². The minimum absolute atomic E-state index is 0.0867. The van der Waals surface area contributed by atoms with Gasteiger partial charge in [0.25, 0.3) is 0 Å². The molecule has 0 aliphatic rings. The molecule has 0 saturated carbocycles. The lowest BCUT2D eigenvalue weighted by Crippen LogP contribution is -1.98. The van der Waals surface area contributed by atoms with Gasteiger partial charge in [-0.15, -0.1) is 0 Å². The van der Waals surface area contributed by atoms with Crippen LogP contribution in [0, 0.1) is 18.6 Å². The van der Waals surface area contributed by atoms with Crippen LogP contribution < -0.4 is 0 Å². The van der Waals surface area contributed by atoms with Gasteiger partial charge < -0.3 is 5.11 Å². The fourth-order valence-electron chi connectivity index (χ4n) is 2.47. The summed E-state index contributed by atoms with van der Waals surface area (Å²) in [5.41, 5.74) is 2.05. The first-order valence-electron chi connectivity index (χ1n) is 6.55. The Hall–Kier alpha value is -2.82. The number of carbonyl (C=O) groups is 1. The smallest absolute Gasteiger partial charge is 0.335 e. The zero-order chi connectivity index (χ0) is 15.9. The van der Waals surface area contributed by atoms with Crippen LogP contribution in [0.1, 0.15) is 15.9 Å². The van der Waals surface area contributed by atoms with E-state index < -0.39 is 17.6 Å². The molecule has 5 heteroatoms. The number of carboxylic acids is 1. The molecule has 0 aliphatic heterocycles. The van der Waals surface area contributed by atoms with Gasteiger partial charge in [0.2, 0.25) is 0 Å². The first-order valence-corrected chi connectivity index (χ1v) is 6.55. The molecule has 3 nitrogen and oxygen atoms in total. The Morgan fingerprint density at radius 3 is 2.59 bits per heavy atom. The summed E-state index contributed by atoms with van der Waals surface area (Å²) in [7, 11) is 0. The highest BCUT2D eigenvalue weighted by atomic mass is 19.1. The number of aromatic nitrogens is 1. The Morgan fingerprint density at radius 1 is 1.14 bits per heavy atom. The highest BCUT2D eigenvalue weighted by Crippen LogP contribution is 2.33. The van der Waals surface area contributed by atoms with Crippen LogP contribution in [0.2, 0.25) is 0 Å². The van der Waals surface area contributed by atoms with E-state index in [1.165, 1.54) is 24.3 Å². The lowest BCUT2D eigenvalue weighted by Gasteiger charge is -2.11. The van der Waals surface area contributed by atoms with E-state index >= 15 is 0 Å². The van der Waals surface area contributed by atoms with Crippen LogP contribution in [0.25, 0.3) is 22.0 Å². The zero-order valence-electron chi connectivity index (χ0n) is 11.6. The number of fused-ring (bicyclic) bond motifs is 1. The molecule has 2 aromatic carbocycles. The molecular weight excluding hydrogens is 288 g/mol. The number of aromatic carboxylic acids is 1. The third-order valence-corrected chi connectivity index (χ3v) is 3.50. The van der Waals surface area contributed by atoms with Gasteiger partial charge in [0.1, 0.15) is 11.6 Å². The number of pyridine rings is 1. The molecule has 0 amide bonds. The summed E-state index contributed by atoms with van der Waals surface area (Å²) in [6.45, 7) is 1.75. The summed E-state index contributed by atoms with van der Waals surface area (Å²) in [6, 6.07) is 7.80. The monoisotopic (exact) mass is 299 g/mol. The number of nitrogens with zero attached hydrogens (tertiary/aromatic N) is 1. The molecule has 0 aliphatic carbocycles. The highest BCUT2D eigenvalue weighted by molar-refractivity contribution is 6.00. The van der Waals surface area contributed by atoms with Crippen LogP contribution in [0.4, 0.5) is 8.78 Å². The Balaban J connectivity index is 2.38. The normalized spacial score (nSPS) is 10.9. The van der Waals surface area contributed by atoms with Crippen molar-refractivity contribution in [3.63, 3.8) is 0 Å². The van der Waals surface area contributed by atoms with Crippen LogP contribution in [-0.4, -0.2) is 16.1 Å². The molecule has 3 rings (SSSR count). The van der Waals surface area contributed by atoms with Gasteiger partial charge in [0.05, 0.1) is 11.1 Å². The Morgan fingerprint density at radius 2 is 1.91 bits per heavy atom. The largest absolute Gasteiger partial charge is 0.478 e. The van der Waals surface area contributed by atoms with E-state index in [1.807, 2.05) is 0 Å². The second-order valence-corrected chi connectivity index (χ2v) is 4.98. The molecule has 1 N–H and O–H groups in total. The predicted octanol–water partition coefficient (Wildman–Crippen LogP) is 4.19. The maximum Gasteiger partial charge on any atom is 0.335 e. The molecule has 0 fully saturated rings. The second kappa shape index (κ2) is 5.18. The number of hydrogen-bond donors (Lipinski definition) is 1. The number of hydrogen-bond acceptors (Lipinski definition) is 2.